The molecule has 0 aliphatic carbocycles. The molecule has 3 aromatic carbocycles. The summed E-state index contributed by atoms with van der Waals surface area (Å²) >= 11 is 0. The lowest BCUT2D eigenvalue weighted by Gasteiger charge is -2.22. The van der Waals surface area contributed by atoms with Gasteiger partial charge in [-0.05, 0) is 74.5 Å². The fourth-order valence-corrected chi connectivity index (χ4v) is 4.28. The molecule has 1 aliphatic heterocycles. The smallest absolute Gasteiger partial charge is 0.249 e. The van der Waals surface area contributed by atoms with E-state index >= 15 is 0 Å². The molecular weight excluding hydrogens is 556 g/mol. The second-order valence-electron chi connectivity index (χ2n) is 9.82. The number of nitrogens with one attached hydrogen (secondary N) is 4. The average molecular weight is 589 g/mol. The summed E-state index contributed by atoms with van der Waals surface area (Å²) in [5.41, 5.74) is 1.03. The molecule has 6 N–H and O–H groups in total. The van der Waals surface area contributed by atoms with Crippen molar-refractivity contribution in [2.45, 2.75) is 26.7 Å². The SMILES string of the molecule is CC(=O)N(O)C(=N)c1ccc(Oc2cc(NC(=O)C3CCNCC3)cc(Oc3ccc(C(=N)N(O)C(C)=O)cc3)c2)cc1. The van der Waals surface area contributed by atoms with E-state index in [0.29, 0.717) is 39.8 Å². The standard InChI is InChI=1S/C30H32N6O7/c1-18(37)35(40)28(31)20-3-7-24(8-4-20)42-26-15-23(34-30(39)22-11-13-33-14-12-22)16-27(17-26)43-25-9-5-21(6-10-25)29(32)36(41)19(2)38/h3-10,15-17,22,31-33,40-41H,11-14H2,1-2H3,(H,34,39). The Labute approximate surface area is 247 Å². The molecule has 43 heavy (non-hydrogen) atoms. The maximum absolute atomic E-state index is 13.0. The van der Waals surface area contributed by atoms with Gasteiger partial charge >= 0.3 is 0 Å². The van der Waals surface area contributed by atoms with Crippen LogP contribution >= 0.6 is 0 Å². The molecule has 3 amide bonds. The first-order chi connectivity index (χ1) is 20.5. The fraction of sp³-hybridized carbons (Fsp3) is 0.233. The van der Waals surface area contributed by atoms with Crippen molar-refractivity contribution in [2.24, 2.45) is 5.92 Å². The molecule has 1 heterocycles. The zero-order valence-electron chi connectivity index (χ0n) is 23.6. The Balaban J connectivity index is 1.56. The second-order valence-corrected chi connectivity index (χ2v) is 9.82. The molecule has 1 aliphatic rings. The summed E-state index contributed by atoms with van der Waals surface area (Å²) in [6.45, 7) is 3.80. The third-order valence-corrected chi connectivity index (χ3v) is 6.60. The molecule has 0 unspecified atom stereocenters. The van der Waals surface area contributed by atoms with Crippen molar-refractivity contribution >= 4 is 35.1 Å². The number of carbonyl (C=O) groups is 3. The van der Waals surface area contributed by atoms with Gasteiger partial charge in [-0.1, -0.05) is 0 Å². The first-order valence-electron chi connectivity index (χ1n) is 13.4. The number of hydrogen-bond donors (Lipinski definition) is 6. The number of hydroxylamine groups is 4. The normalized spacial score (nSPS) is 13.0. The van der Waals surface area contributed by atoms with E-state index in [9.17, 15) is 24.8 Å². The number of amides is 3. The Bertz CT molecular complexity index is 1420. The van der Waals surface area contributed by atoms with E-state index in [1.807, 2.05) is 0 Å². The van der Waals surface area contributed by atoms with E-state index in [-0.39, 0.29) is 33.6 Å². The largest absolute Gasteiger partial charge is 0.457 e. The van der Waals surface area contributed by atoms with E-state index in [0.717, 1.165) is 39.8 Å². The number of rotatable bonds is 8. The van der Waals surface area contributed by atoms with Crippen molar-refractivity contribution in [3.63, 3.8) is 0 Å². The van der Waals surface area contributed by atoms with Crippen LogP contribution in [0.2, 0.25) is 0 Å². The first-order valence-corrected chi connectivity index (χ1v) is 13.4. The van der Waals surface area contributed by atoms with Gasteiger partial charge in [0, 0.05) is 54.8 Å². The summed E-state index contributed by atoms with van der Waals surface area (Å²) in [6, 6.07) is 17.2. The predicted molar refractivity (Wildman–Crippen MR) is 156 cm³/mol. The van der Waals surface area contributed by atoms with Crippen LogP contribution in [-0.2, 0) is 14.4 Å². The highest BCUT2D eigenvalue weighted by Crippen LogP contribution is 2.33. The van der Waals surface area contributed by atoms with Crippen molar-refractivity contribution in [3.05, 3.63) is 77.9 Å². The molecule has 13 heteroatoms. The van der Waals surface area contributed by atoms with Crippen molar-refractivity contribution < 1.29 is 34.3 Å². The van der Waals surface area contributed by atoms with Crippen LogP contribution in [0.3, 0.4) is 0 Å². The van der Waals surface area contributed by atoms with E-state index < -0.39 is 11.8 Å². The number of piperidine rings is 1. The molecule has 0 aromatic heterocycles. The van der Waals surface area contributed by atoms with Gasteiger partial charge in [-0.2, -0.15) is 10.1 Å². The zero-order chi connectivity index (χ0) is 31.1. The fourth-order valence-electron chi connectivity index (χ4n) is 4.28. The van der Waals surface area contributed by atoms with Crippen LogP contribution in [0.15, 0.2) is 66.7 Å². The molecule has 1 fully saturated rings. The Morgan fingerprint density at radius 3 is 1.56 bits per heavy atom. The lowest BCUT2D eigenvalue weighted by atomic mass is 9.97. The van der Waals surface area contributed by atoms with Crippen LogP contribution in [0.5, 0.6) is 23.0 Å². The quantitative estimate of drug-likeness (QED) is 0.0970. The van der Waals surface area contributed by atoms with Gasteiger partial charge in [0.2, 0.25) is 17.7 Å². The molecule has 0 atom stereocenters. The van der Waals surface area contributed by atoms with Crippen molar-refractivity contribution in [1.29, 1.82) is 10.8 Å². The van der Waals surface area contributed by atoms with Crippen LogP contribution < -0.4 is 20.1 Å². The number of hydrogen-bond acceptors (Lipinski definition) is 10. The molecule has 0 saturated carbocycles. The second kappa shape index (κ2) is 13.7. The highest BCUT2D eigenvalue weighted by molar-refractivity contribution is 6.05. The third kappa shape index (κ3) is 8.01. The maximum atomic E-state index is 13.0. The van der Waals surface area contributed by atoms with E-state index in [1.165, 1.54) is 24.3 Å². The average Bonchev–Trinajstić information content (AvgIpc) is 3.00. The number of benzene rings is 3. The highest BCUT2D eigenvalue weighted by Gasteiger charge is 2.22. The van der Waals surface area contributed by atoms with Gasteiger partial charge < -0.3 is 20.1 Å². The Morgan fingerprint density at radius 2 is 1.16 bits per heavy atom. The molecule has 4 rings (SSSR count). The van der Waals surface area contributed by atoms with Gasteiger partial charge in [0.1, 0.15) is 23.0 Å². The molecule has 1 saturated heterocycles. The summed E-state index contributed by atoms with van der Waals surface area (Å²) in [7, 11) is 0. The topological polar surface area (TPSA) is 188 Å². The molecular formula is C30H32N6O7. The zero-order valence-corrected chi connectivity index (χ0v) is 23.6. The maximum Gasteiger partial charge on any atom is 0.249 e. The van der Waals surface area contributed by atoms with Crippen molar-refractivity contribution in [1.82, 2.24) is 15.4 Å². The molecule has 0 spiro atoms. The molecule has 0 bridgehead atoms. The molecule has 13 nitrogen and oxygen atoms in total. The van der Waals surface area contributed by atoms with Gasteiger partial charge in [-0.15, -0.1) is 0 Å². The lowest BCUT2D eigenvalue weighted by Crippen LogP contribution is -2.34. The van der Waals surface area contributed by atoms with Gasteiger partial charge in [0.15, 0.2) is 11.7 Å². The van der Waals surface area contributed by atoms with Gasteiger partial charge in [-0.25, -0.2) is 0 Å². The minimum Gasteiger partial charge on any atom is -0.457 e. The Morgan fingerprint density at radius 1 is 0.744 bits per heavy atom. The summed E-state index contributed by atoms with van der Waals surface area (Å²) in [4.78, 5) is 35.7. The van der Waals surface area contributed by atoms with Crippen molar-refractivity contribution in [2.75, 3.05) is 18.4 Å². The molecule has 3 aromatic rings. The molecule has 224 valence electrons. The highest BCUT2D eigenvalue weighted by atomic mass is 16.5. The minimum atomic E-state index is -0.694. The van der Waals surface area contributed by atoms with Crippen LogP contribution in [0.4, 0.5) is 5.69 Å². The first kappa shape index (κ1) is 30.8. The summed E-state index contributed by atoms with van der Waals surface area (Å²) in [5, 5.41) is 42.0. The predicted octanol–water partition coefficient (Wildman–Crippen LogP) is 4.34. The van der Waals surface area contributed by atoms with E-state index in [2.05, 4.69) is 10.6 Å². The summed E-state index contributed by atoms with van der Waals surface area (Å²) < 4.78 is 12.0. The van der Waals surface area contributed by atoms with Gasteiger partial charge in [0.05, 0.1) is 0 Å². The molecule has 0 radical (unpaired) electrons. The summed E-state index contributed by atoms with van der Waals surface area (Å²) in [5.74, 6) is -0.957. The number of carbonyl (C=O) groups excluding carboxylic acids is 3. The minimum absolute atomic E-state index is 0.117. The number of anilines is 1. The number of nitrogens with zero attached hydrogens (tertiary/aromatic N) is 2. The van der Waals surface area contributed by atoms with Crippen molar-refractivity contribution in [3.8, 4) is 23.0 Å². The Hall–Kier alpha value is -5.11. The Kier molecular flexibility index (Phi) is 9.83. The van der Waals surface area contributed by atoms with Crippen LogP contribution in [0.1, 0.15) is 37.8 Å². The monoisotopic (exact) mass is 588 g/mol. The van der Waals surface area contributed by atoms with E-state index in [4.69, 9.17) is 20.3 Å². The van der Waals surface area contributed by atoms with Crippen LogP contribution in [0, 0.1) is 16.7 Å². The van der Waals surface area contributed by atoms with Crippen LogP contribution in [0.25, 0.3) is 0 Å². The van der Waals surface area contributed by atoms with Gasteiger partial charge in [-0.3, -0.25) is 35.6 Å². The lowest BCUT2D eigenvalue weighted by molar-refractivity contribution is -0.147. The number of ether oxygens (including phenoxy) is 2. The summed E-state index contributed by atoms with van der Waals surface area (Å²) in [6.07, 6.45) is 1.44. The third-order valence-electron chi connectivity index (χ3n) is 6.60. The van der Waals surface area contributed by atoms with Crippen LogP contribution in [-0.4, -0.2) is 63.0 Å². The van der Waals surface area contributed by atoms with E-state index in [1.54, 1.807) is 42.5 Å². The number of amidine groups is 2. The van der Waals surface area contributed by atoms with Gasteiger partial charge in [0.25, 0.3) is 0 Å².